The Hall–Kier alpha value is -3.47. The molecule has 1 aliphatic heterocycles. The van der Waals surface area contributed by atoms with Crippen LogP contribution in [0.4, 0.5) is 0 Å². The monoisotopic (exact) mass is 362 g/mol. The van der Waals surface area contributed by atoms with E-state index in [1.807, 2.05) is 54.6 Å². The maximum atomic E-state index is 12.4. The van der Waals surface area contributed by atoms with Gasteiger partial charge in [-0.3, -0.25) is 0 Å². The third-order valence-corrected chi connectivity index (χ3v) is 4.08. The van der Waals surface area contributed by atoms with Gasteiger partial charge in [0.15, 0.2) is 11.5 Å². The molecule has 1 aliphatic rings. The highest BCUT2D eigenvalue weighted by molar-refractivity contribution is 5.90. The highest BCUT2D eigenvalue weighted by Crippen LogP contribution is 2.31. The number of hydrogen-bond acceptors (Lipinski definition) is 5. The summed E-state index contributed by atoms with van der Waals surface area (Å²) in [7, 11) is 0. The van der Waals surface area contributed by atoms with Crippen molar-refractivity contribution < 1.29 is 23.7 Å². The third-order valence-electron chi connectivity index (χ3n) is 4.08. The Morgan fingerprint density at radius 2 is 1.59 bits per heavy atom. The summed E-state index contributed by atoms with van der Waals surface area (Å²) in [5, 5.41) is 0. The van der Waals surface area contributed by atoms with Crippen LogP contribution in [0.1, 0.15) is 15.9 Å². The van der Waals surface area contributed by atoms with E-state index in [4.69, 9.17) is 18.9 Å². The van der Waals surface area contributed by atoms with Crippen LogP contribution in [0.15, 0.2) is 72.8 Å². The molecule has 0 saturated carbocycles. The molecule has 136 valence electrons. The lowest BCUT2D eigenvalue weighted by molar-refractivity contribution is 0.0469. The number of ether oxygens (including phenoxy) is 4. The van der Waals surface area contributed by atoms with E-state index in [2.05, 4.69) is 0 Å². The molecule has 3 aromatic rings. The zero-order valence-corrected chi connectivity index (χ0v) is 14.6. The van der Waals surface area contributed by atoms with Gasteiger partial charge in [0.2, 0.25) is 0 Å². The van der Waals surface area contributed by atoms with Crippen LogP contribution in [-0.2, 0) is 11.3 Å². The molecule has 27 heavy (non-hydrogen) atoms. The van der Waals surface area contributed by atoms with Crippen LogP contribution in [0.3, 0.4) is 0 Å². The molecule has 0 N–H and O–H groups in total. The Morgan fingerprint density at radius 1 is 0.852 bits per heavy atom. The number of benzene rings is 3. The molecular weight excluding hydrogens is 344 g/mol. The van der Waals surface area contributed by atoms with E-state index in [0.717, 1.165) is 11.3 Å². The van der Waals surface area contributed by atoms with E-state index in [1.54, 1.807) is 18.2 Å². The Morgan fingerprint density at radius 3 is 2.44 bits per heavy atom. The summed E-state index contributed by atoms with van der Waals surface area (Å²) < 4.78 is 22.3. The Bertz CT molecular complexity index is 936. The zero-order chi connectivity index (χ0) is 18.5. The molecule has 0 bridgehead atoms. The minimum atomic E-state index is -0.429. The fourth-order valence-corrected chi connectivity index (χ4v) is 2.74. The smallest absolute Gasteiger partial charge is 0.338 e. The summed E-state index contributed by atoms with van der Waals surface area (Å²) in [6.07, 6.45) is 0. The zero-order valence-electron chi connectivity index (χ0n) is 14.6. The molecule has 0 fully saturated rings. The van der Waals surface area contributed by atoms with Gasteiger partial charge in [0, 0.05) is 5.56 Å². The van der Waals surface area contributed by atoms with E-state index in [9.17, 15) is 4.79 Å². The van der Waals surface area contributed by atoms with Crippen LogP contribution in [0.25, 0.3) is 0 Å². The van der Waals surface area contributed by atoms with Gasteiger partial charge in [-0.25, -0.2) is 4.79 Å². The number of rotatable bonds is 5. The van der Waals surface area contributed by atoms with Crippen LogP contribution < -0.4 is 14.2 Å². The second-order valence-corrected chi connectivity index (χ2v) is 5.96. The number of carbonyl (C=O) groups is 1. The first kappa shape index (κ1) is 17.0. The van der Waals surface area contributed by atoms with Crippen LogP contribution in [0.2, 0.25) is 0 Å². The van der Waals surface area contributed by atoms with Crippen LogP contribution >= 0.6 is 0 Å². The normalized spacial score (nSPS) is 12.3. The van der Waals surface area contributed by atoms with Crippen molar-refractivity contribution in [2.24, 2.45) is 0 Å². The molecule has 0 unspecified atom stereocenters. The van der Waals surface area contributed by atoms with E-state index in [1.165, 1.54) is 0 Å². The molecule has 0 amide bonds. The highest BCUT2D eigenvalue weighted by atomic mass is 16.6. The van der Waals surface area contributed by atoms with Crippen LogP contribution in [0.5, 0.6) is 23.0 Å². The van der Waals surface area contributed by atoms with Gasteiger partial charge in [-0.2, -0.15) is 0 Å². The van der Waals surface area contributed by atoms with Crippen molar-refractivity contribution in [1.29, 1.82) is 0 Å². The van der Waals surface area contributed by atoms with E-state index in [-0.39, 0.29) is 6.61 Å². The maximum absolute atomic E-state index is 12.4. The summed E-state index contributed by atoms with van der Waals surface area (Å²) >= 11 is 0. The number of hydrogen-bond donors (Lipinski definition) is 0. The standard InChI is InChI=1S/C22H18O5/c23-22(16-10-11-20-21(14-16)25-13-12-24-20)26-15-17-6-4-5-9-19(17)27-18-7-2-1-3-8-18/h1-11,14H,12-13,15H2. The van der Waals surface area contributed by atoms with Gasteiger partial charge in [0.1, 0.15) is 31.3 Å². The fraction of sp³-hybridized carbons (Fsp3) is 0.136. The molecule has 0 atom stereocenters. The van der Waals surface area contributed by atoms with Gasteiger partial charge >= 0.3 is 5.97 Å². The predicted octanol–water partition coefficient (Wildman–Crippen LogP) is 4.61. The lowest BCUT2D eigenvalue weighted by Crippen LogP contribution is -2.16. The summed E-state index contributed by atoms with van der Waals surface area (Å²) in [6.45, 7) is 1.08. The summed E-state index contributed by atoms with van der Waals surface area (Å²) in [6, 6.07) is 22.0. The van der Waals surface area contributed by atoms with Gasteiger partial charge in [0.25, 0.3) is 0 Å². The number of carbonyl (C=O) groups excluding carboxylic acids is 1. The summed E-state index contributed by atoms with van der Waals surface area (Å²) in [5.74, 6) is 2.14. The topological polar surface area (TPSA) is 54.0 Å². The van der Waals surface area contributed by atoms with Crippen molar-refractivity contribution in [3.63, 3.8) is 0 Å². The van der Waals surface area contributed by atoms with Crippen LogP contribution in [0, 0.1) is 0 Å². The Balaban J connectivity index is 1.45. The second kappa shape index (κ2) is 7.83. The van der Waals surface area contributed by atoms with Gasteiger partial charge in [-0.15, -0.1) is 0 Å². The molecule has 5 nitrogen and oxygen atoms in total. The number of esters is 1. The average molecular weight is 362 g/mol. The molecule has 4 rings (SSSR count). The van der Waals surface area contributed by atoms with Crippen molar-refractivity contribution in [1.82, 2.24) is 0 Å². The molecule has 3 aromatic carbocycles. The minimum absolute atomic E-state index is 0.107. The minimum Gasteiger partial charge on any atom is -0.486 e. The van der Waals surface area contributed by atoms with Gasteiger partial charge < -0.3 is 18.9 Å². The van der Waals surface area contributed by atoms with Crippen LogP contribution in [-0.4, -0.2) is 19.2 Å². The molecule has 0 spiro atoms. The molecular formula is C22H18O5. The van der Waals surface area contributed by atoms with Crippen molar-refractivity contribution in [3.8, 4) is 23.0 Å². The number of fused-ring (bicyclic) bond motifs is 1. The maximum Gasteiger partial charge on any atom is 0.338 e. The van der Waals surface area contributed by atoms with Gasteiger partial charge in [-0.05, 0) is 36.4 Å². The first-order chi connectivity index (χ1) is 13.3. The lowest BCUT2D eigenvalue weighted by atomic mass is 10.2. The van der Waals surface area contributed by atoms with Crippen molar-refractivity contribution in [3.05, 3.63) is 83.9 Å². The Kier molecular flexibility index (Phi) is 4.92. The summed E-state index contributed by atoms with van der Waals surface area (Å²) in [4.78, 5) is 12.4. The molecule has 1 heterocycles. The highest BCUT2D eigenvalue weighted by Gasteiger charge is 2.16. The second-order valence-electron chi connectivity index (χ2n) is 5.96. The van der Waals surface area contributed by atoms with E-state index in [0.29, 0.717) is 36.0 Å². The van der Waals surface area contributed by atoms with Gasteiger partial charge in [0.05, 0.1) is 5.56 Å². The van der Waals surface area contributed by atoms with Gasteiger partial charge in [-0.1, -0.05) is 36.4 Å². The quantitative estimate of drug-likeness (QED) is 0.621. The van der Waals surface area contributed by atoms with Crippen molar-refractivity contribution in [2.75, 3.05) is 13.2 Å². The van der Waals surface area contributed by atoms with E-state index >= 15 is 0 Å². The Labute approximate surface area is 157 Å². The fourth-order valence-electron chi connectivity index (χ4n) is 2.74. The molecule has 0 aromatic heterocycles. The first-order valence-electron chi connectivity index (χ1n) is 8.67. The summed E-state index contributed by atoms with van der Waals surface area (Å²) in [5.41, 5.74) is 1.20. The molecule has 5 heteroatoms. The number of para-hydroxylation sites is 2. The SMILES string of the molecule is O=C(OCc1ccccc1Oc1ccccc1)c1ccc2c(c1)OCCO2. The molecule has 0 saturated heterocycles. The predicted molar refractivity (Wildman–Crippen MR) is 99.5 cm³/mol. The third kappa shape index (κ3) is 4.03. The largest absolute Gasteiger partial charge is 0.486 e. The lowest BCUT2D eigenvalue weighted by Gasteiger charge is -2.18. The average Bonchev–Trinajstić information content (AvgIpc) is 2.73. The first-order valence-corrected chi connectivity index (χ1v) is 8.67. The molecule has 0 radical (unpaired) electrons. The van der Waals surface area contributed by atoms with Crippen molar-refractivity contribution >= 4 is 5.97 Å². The van der Waals surface area contributed by atoms with Crippen molar-refractivity contribution in [2.45, 2.75) is 6.61 Å². The molecule has 0 aliphatic carbocycles. The van der Waals surface area contributed by atoms with E-state index < -0.39 is 5.97 Å².